The van der Waals surface area contributed by atoms with E-state index in [9.17, 15) is 14.4 Å². The van der Waals surface area contributed by atoms with Crippen LogP contribution in [0.3, 0.4) is 0 Å². The minimum Gasteiger partial charge on any atom is -0.473 e. The highest BCUT2D eigenvalue weighted by Gasteiger charge is 2.19. The maximum absolute atomic E-state index is 11.8. The Morgan fingerprint density at radius 1 is 1.15 bits per heavy atom. The first kappa shape index (κ1) is 15.7. The second-order valence-electron chi connectivity index (χ2n) is 4.03. The molecule has 1 aromatic rings. The number of benzene rings is 1. The fourth-order valence-corrected chi connectivity index (χ4v) is 1.46. The van der Waals surface area contributed by atoms with Crippen LogP contribution in [0.4, 0.5) is 0 Å². The molecule has 0 bridgehead atoms. The van der Waals surface area contributed by atoms with Gasteiger partial charge in [-0.25, -0.2) is 14.4 Å². The predicted octanol–water partition coefficient (Wildman–Crippen LogP) is 2.02. The van der Waals surface area contributed by atoms with Crippen molar-refractivity contribution < 1.29 is 29.0 Å². The Labute approximate surface area is 116 Å². The van der Waals surface area contributed by atoms with Crippen LogP contribution >= 0.6 is 0 Å². The van der Waals surface area contributed by atoms with Crippen LogP contribution in [0.25, 0.3) is 0 Å². The van der Waals surface area contributed by atoms with Crippen molar-refractivity contribution in [1.82, 2.24) is 0 Å². The Morgan fingerprint density at radius 2 is 1.85 bits per heavy atom. The van der Waals surface area contributed by atoms with Crippen LogP contribution in [-0.2, 0) is 14.3 Å². The normalized spacial score (nSPS) is 9.85. The molecule has 0 amide bonds. The van der Waals surface area contributed by atoms with E-state index in [0.717, 1.165) is 19.3 Å². The van der Waals surface area contributed by atoms with Gasteiger partial charge in [0, 0.05) is 0 Å². The number of rotatable bonds is 6. The molecule has 0 aromatic heterocycles. The third kappa shape index (κ3) is 4.72. The van der Waals surface area contributed by atoms with Crippen molar-refractivity contribution >= 4 is 17.9 Å². The first-order valence-electron chi connectivity index (χ1n) is 6.27. The Hall–Kier alpha value is -2.37. The van der Waals surface area contributed by atoms with Crippen molar-refractivity contribution in [2.24, 2.45) is 0 Å². The van der Waals surface area contributed by atoms with Crippen molar-refractivity contribution in [2.75, 3.05) is 6.61 Å². The lowest BCUT2D eigenvalue weighted by Gasteiger charge is -2.08. The molecule has 6 heteroatoms. The van der Waals surface area contributed by atoms with Gasteiger partial charge in [0.05, 0.1) is 6.61 Å². The number of aliphatic carboxylic acids is 1. The van der Waals surface area contributed by atoms with E-state index in [1.165, 1.54) is 18.2 Å². The number of ether oxygens (including phenoxy) is 2. The summed E-state index contributed by atoms with van der Waals surface area (Å²) < 4.78 is 9.65. The van der Waals surface area contributed by atoms with Gasteiger partial charge in [-0.1, -0.05) is 31.9 Å². The SMILES string of the molecule is CCCCCOC(=O)c1ccccc1OC(=O)C(=O)O. The number of carbonyl (C=O) groups is 3. The quantitative estimate of drug-likeness (QED) is 0.371. The number of unbranched alkanes of at least 4 members (excludes halogenated alkanes) is 2. The fourth-order valence-electron chi connectivity index (χ4n) is 1.46. The molecule has 0 unspecified atom stereocenters. The van der Waals surface area contributed by atoms with Gasteiger partial charge in [-0.15, -0.1) is 0 Å². The van der Waals surface area contributed by atoms with E-state index < -0.39 is 17.9 Å². The summed E-state index contributed by atoms with van der Waals surface area (Å²) in [4.78, 5) is 33.3. The molecular weight excluding hydrogens is 264 g/mol. The number of hydrogen-bond acceptors (Lipinski definition) is 5. The molecule has 0 aliphatic rings. The zero-order chi connectivity index (χ0) is 15.0. The maximum atomic E-state index is 11.8. The summed E-state index contributed by atoms with van der Waals surface area (Å²) in [5, 5.41) is 8.48. The Kier molecular flexibility index (Phi) is 6.22. The van der Waals surface area contributed by atoms with Gasteiger partial charge in [0.2, 0.25) is 0 Å². The van der Waals surface area contributed by atoms with Crippen LogP contribution in [0.15, 0.2) is 24.3 Å². The maximum Gasteiger partial charge on any atom is 0.422 e. The highest BCUT2D eigenvalue weighted by atomic mass is 16.6. The molecule has 0 aliphatic carbocycles. The number of esters is 2. The average molecular weight is 280 g/mol. The van der Waals surface area contributed by atoms with E-state index in [4.69, 9.17) is 9.84 Å². The standard InChI is InChI=1S/C14H16O6/c1-2-3-6-9-19-13(17)10-7-4-5-8-11(10)20-14(18)12(15)16/h4-5,7-8H,2-3,6,9H2,1H3,(H,15,16). The molecule has 1 N–H and O–H groups in total. The van der Waals surface area contributed by atoms with Crippen molar-refractivity contribution in [1.29, 1.82) is 0 Å². The van der Waals surface area contributed by atoms with E-state index in [1.54, 1.807) is 6.07 Å². The summed E-state index contributed by atoms with van der Waals surface area (Å²) in [6.45, 7) is 2.30. The molecule has 108 valence electrons. The summed E-state index contributed by atoms with van der Waals surface area (Å²) in [5.41, 5.74) is 0.0265. The van der Waals surface area contributed by atoms with Gasteiger partial charge in [0.1, 0.15) is 11.3 Å². The molecule has 0 radical (unpaired) electrons. The van der Waals surface area contributed by atoms with Gasteiger partial charge in [-0.2, -0.15) is 0 Å². The van der Waals surface area contributed by atoms with E-state index in [2.05, 4.69) is 4.74 Å². The van der Waals surface area contributed by atoms with Crippen LogP contribution < -0.4 is 4.74 Å². The second-order valence-corrected chi connectivity index (χ2v) is 4.03. The summed E-state index contributed by atoms with van der Waals surface area (Å²) in [6, 6.07) is 5.84. The van der Waals surface area contributed by atoms with Crippen LogP contribution in [0, 0.1) is 0 Å². The average Bonchev–Trinajstić information content (AvgIpc) is 2.43. The Bertz CT molecular complexity index is 494. The lowest BCUT2D eigenvalue weighted by Crippen LogP contribution is -2.20. The lowest BCUT2D eigenvalue weighted by molar-refractivity contribution is -0.158. The van der Waals surface area contributed by atoms with Crippen LogP contribution in [0.5, 0.6) is 5.75 Å². The van der Waals surface area contributed by atoms with Gasteiger partial charge in [0.25, 0.3) is 0 Å². The van der Waals surface area contributed by atoms with Crippen molar-refractivity contribution in [3.05, 3.63) is 29.8 Å². The number of carboxylic acid groups (broad SMARTS) is 1. The van der Waals surface area contributed by atoms with E-state index >= 15 is 0 Å². The van der Waals surface area contributed by atoms with Gasteiger partial charge in [-0.05, 0) is 18.6 Å². The highest BCUT2D eigenvalue weighted by molar-refractivity contribution is 6.29. The van der Waals surface area contributed by atoms with E-state index in [0.29, 0.717) is 0 Å². The molecule has 1 aromatic carbocycles. The van der Waals surface area contributed by atoms with Crippen LogP contribution in [0.2, 0.25) is 0 Å². The monoisotopic (exact) mass is 280 g/mol. The molecule has 0 aliphatic heterocycles. The van der Waals surface area contributed by atoms with Gasteiger partial charge in [0.15, 0.2) is 0 Å². The molecular formula is C14H16O6. The Morgan fingerprint density at radius 3 is 2.50 bits per heavy atom. The minimum absolute atomic E-state index is 0.0265. The second kappa shape index (κ2) is 7.93. The van der Waals surface area contributed by atoms with Crippen LogP contribution in [0.1, 0.15) is 36.5 Å². The molecule has 0 spiro atoms. The van der Waals surface area contributed by atoms with Crippen LogP contribution in [-0.4, -0.2) is 29.6 Å². The minimum atomic E-state index is -1.73. The molecule has 0 heterocycles. The predicted molar refractivity (Wildman–Crippen MR) is 69.5 cm³/mol. The zero-order valence-corrected chi connectivity index (χ0v) is 11.1. The Balaban J connectivity index is 2.71. The largest absolute Gasteiger partial charge is 0.473 e. The number of para-hydroxylation sites is 1. The van der Waals surface area contributed by atoms with Gasteiger partial charge >= 0.3 is 17.9 Å². The topological polar surface area (TPSA) is 89.9 Å². The summed E-state index contributed by atoms with van der Waals surface area (Å²) >= 11 is 0. The molecule has 0 fully saturated rings. The third-order valence-electron chi connectivity index (χ3n) is 2.47. The van der Waals surface area contributed by atoms with Gasteiger partial charge < -0.3 is 14.6 Å². The first-order chi connectivity index (χ1) is 9.56. The third-order valence-corrected chi connectivity index (χ3v) is 2.47. The molecule has 20 heavy (non-hydrogen) atoms. The van der Waals surface area contributed by atoms with Crippen molar-refractivity contribution in [2.45, 2.75) is 26.2 Å². The smallest absolute Gasteiger partial charge is 0.422 e. The number of carboxylic acids is 1. The van der Waals surface area contributed by atoms with E-state index in [1.807, 2.05) is 6.92 Å². The summed E-state index contributed by atoms with van der Waals surface area (Å²) in [5.74, 6) is -3.94. The van der Waals surface area contributed by atoms with Gasteiger partial charge in [-0.3, -0.25) is 0 Å². The molecule has 0 saturated carbocycles. The zero-order valence-electron chi connectivity index (χ0n) is 11.1. The first-order valence-corrected chi connectivity index (χ1v) is 6.27. The van der Waals surface area contributed by atoms with E-state index in [-0.39, 0.29) is 17.9 Å². The number of hydrogen-bond donors (Lipinski definition) is 1. The lowest BCUT2D eigenvalue weighted by atomic mass is 10.2. The van der Waals surface area contributed by atoms with Crippen molar-refractivity contribution in [3.8, 4) is 5.75 Å². The highest BCUT2D eigenvalue weighted by Crippen LogP contribution is 2.19. The summed E-state index contributed by atoms with van der Waals surface area (Å²) in [7, 11) is 0. The molecule has 6 nitrogen and oxygen atoms in total. The molecule has 1 rings (SSSR count). The molecule has 0 saturated heterocycles. The van der Waals surface area contributed by atoms with Crippen molar-refractivity contribution in [3.63, 3.8) is 0 Å². The fraction of sp³-hybridized carbons (Fsp3) is 0.357. The summed E-state index contributed by atoms with van der Waals surface area (Å²) in [6.07, 6.45) is 2.70. The number of carbonyl (C=O) groups excluding carboxylic acids is 2. The molecule has 0 atom stereocenters.